The van der Waals surface area contributed by atoms with Gasteiger partial charge >= 0.3 is 0 Å². The number of fused-ring (bicyclic) bond motifs is 1. The second kappa shape index (κ2) is 5.17. The van der Waals surface area contributed by atoms with Gasteiger partial charge in [-0.05, 0) is 36.9 Å². The minimum atomic E-state index is -0.0216. The summed E-state index contributed by atoms with van der Waals surface area (Å²) >= 11 is 0. The normalized spacial score (nSPS) is 20.1. The van der Waals surface area contributed by atoms with Crippen molar-refractivity contribution >= 4 is 5.71 Å². The van der Waals surface area contributed by atoms with E-state index in [0.29, 0.717) is 26.6 Å². The molecule has 0 unspecified atom stereocenters. The van der Waals surface area contributed by atoms with Crippen molar-refractivity contribution in [3.8, 4) is 11.5 Å². The molecular weight excluding hydrogens is 256 g/mol. The molecule has 0 aliphatic carbocycles. The van der Waals surface area contributed by atoms with Crippen molar-refractivity contribution in [1.29, 1.82) is 0 Å². The molecule has 0 atom stereocenters. The molecule has 5 heteroatoms. The van der Waals surface area contributed by atoms with Gasteiger partial charge in [0.15, 0.2) is 11.5 Å². The van der Waals surface area contributed by atoms with E-state index >= 15 is 0 Å². The SMILES string of the molecule is CC1(C(C=CN)=NCc2ccc3c(c2)OCO3)COC1. The summed E-state index contributed by atoms with van der Waals surface area (Å²) in [7, 11) is 0. The molecule has 1 saturated heterocycles. The molecule has 106 valence electrons. The van der Waals surface area contributed by atoms with E-state index in [1.807, 2.05) is 24.3 Å². The van der Waals surface area contributed by atoms with Crippen LogP contribution in [0.25, 0.3) is 0 Å². The Morgan fingerprint density at radius 3 is 2.85 bits per heavy atom. The van der Waals surface area contributed by atoms with Crippen molar-refractivity contribution in [3.63, 3.8) is 0 Å². The number of nitrogens with two attached hydrogens (primary N) is 1. The number of ether oxygens (including phenoxy) is 3. The number of aliphatic imine (C=N–C) groups is 1. The summed E-state index contributed by atoms with van der Waals surface area (Å²) in [5.41, 5.74) is 7.55. The van der Waals surface area contributed by atoms with Crippen LogP contribution in [-0.4, -0.2) is 25.7 Å². The average molecular weight is 274 g/mol. The van der Waals surface area contributed by atoms with Crippen LogP contribution in [0.5, 0.6) is 11.5 Å². The molecule has 2 N–H and O–H groups in total. The van der Waals surface area contributed by atoms with Crippen LogP contribution < -0.4 is 15.2 Å². The van der Waals surface area contributed by atoms with Gasteiger partial charge in [0.1, 0.15) is 0 Å². The van der Waals surface area contributed by atoms with Gasteiger partial charge in [-0.1, -0.05) is 6.07 Å². The largest absolute Gasteiger partial charge is 0.454 e. The van der Waals surface area contributed by atoms with Crippen LogP contribution in [0.15, 0.2) is 35.5 Å². The molecule has 1 aromatic carbocycles. The van der Waals surface area contributed by atoms with Gasteiger partial charge in [0.05, 0.1) is 25.2 Å². The number of benzene rings is 1. The van der Waals surface area contributed by atoms with Crippen LogP contribution in [0.4, 0.5) is 0 Å². The van der Waals surface area contributed by atoms with E-state index in [0.717, 1.165) is 22.8 Å². The Morgan fingerprint density at radius 2 is 2.15 bits per heavy atom. The Morgan fingerprint density at radius 1 is 1.35 bits per heavy atom. The highest BCUT2D eigenvalue weighted by molar-refractivity contribution is 6.00. The molecule has 0 aromatic heterocycles. The van der Waals surface area contributed by atoms with Gasteiger partial charge in [0, 0.05) is 5.71 Å². The van der Waals surface area contributed by atoms with Gasteiger partial charge in [0.25, 0.3) is 0 Å². The third-order valence-corrected chi connectivity index (χ3v) is 3.58. The number of rotatable bonds is 4. The lowest BCUT2D eigenvalue weighted by molar-refractivity contribution is -0.0579. The first kappa shape index (κ1) is 13.0. The third kappa shape index (κ3) is 2.36. The van der Waals surface area contributed by atoms with E-state index in [1.54, 1.807) is 0 Å². The lowest BCUT2D eigenvalue weighted by Gasteiger charge is -2.38. The summed E-state index contributed by atoms with van der Waals surface area (Å²) in [6.07, 6.45) is 3.39. The van der Waals surface area contributed by atoms with Crippen molar-refractivity contribution in [3.05, 3.63) is 36.0 Å². The maximum atomic E-state index is 5.51. The Labute approximate surface area is 118 Å². The predicted octanol–water partition coefficient (Wildman–Crippen LogP) is 1.87. The molecule has 0 radical (unpaired) electrons. The van der Waals surface area contributed by atoms with Crippen molar-refractivity contribution < 1.29 is 14.2 Å². The summed E-state index contributed by atoms with van der Waals surface area (Å²) in [4.78, 5) is 4.68. The Hall–Kier alpha value is -2.01. The summed E-state index contributed by atoms with van der Waals surface area (Å²) in [5.74, 6) is 1.57. The van der Waals surface area contributed by atoms with E-state index in [9.17, 15) is 0 Å². The van der Waals surface area contributed by atoms with E-state index < -0.39 is 0 Å². The summed E-state index contributed by atoms with van der Waals surface area (Å²) in [5, 5.41) is 0. The van der Waals surface area contributed by atoms with E-state index in [4.69, 9.17) is 19.9 Å². The van der Waals surface area contributed by atoms with Crippen LogP contribution in [0.3, 0.4) is 0 Å². The summed E-state index contributed by atoms with van der Waals surface area (Å²) in [6, 6.07) is 5.88. The quantitative estimate of drug-likeness (QED) is 0.851. The Bertz CT molecular complexity index is 562. The highest BCUT2D eigenvalue weighted by atomic mass is 16.7. The average Bonchev–Trinajstić information content (AvgIpc) is 2.88. The third-order valence-electron chi connectivity index (χ3n) is 3.58. The monoisotopic (exact) mass is 274 g/mol. The summed E-state index contributed by atoms with van der Waals surface area (Å²) in [6.45, 7) is 4.40. The van der Waals surface area contributed by atoms with Crippen LogP contribution >= 0.6 is 0 Å². The van der Waals surface area contributed by atoms with Gasteiger partial charge in [-0.2, -0.15) is 0 Å². The Balaban J connectivity index is 1.77. The highest BCUT2D eigenvalue weighted by Crippen LogP contribution is 2.33. The predicted molar refractivity (Wildman–Crippen MR) is 76.0 cm³/mol. The molecule has 3 rings (SSSR count). The second-order valence-electron chi connectivity index (χ2n) is 5.30. The fraction of sp³-hybridized carbons (Fsp3) is 0.400. The molecule has 0 bridgehead atoms. The molecule has 2 aliphatic heterocycles. The minimum absolute atomic E-state index is 0.0216. The zero-order valence-corrected chi connectivity index (χ0v) is 11.5. The van der Waals surface area contributed by atoms with E-state index in [1.165, 1.54) is 6.20 Å². The standard InChI is InChI=1S/C15H18N2O3/c1-15(8-18-9-15)14(4-5-16)17-7-11-2-3-12-13(6-11)20-10-19-12/h2-6H,7-10,16H2,1H3. The molecule has 20 heavy (non-hydrogen) atoms. The van der Waals surface area contributed by atoms with Gasteiger partial charge in [-0.15, -0.1) is 0 Å². The Kier molecular flexibility index (Phi) is 3.36. The van der Waals surface area contributed by atoms with E-state index in [-0.39, 0.29) is 5.41 Å². The molecule has 5 nitrogen and oxygen atoms in total. The zero-order chi connectivity index (χ0) is 14.0. The lowest BCUT2D eigenvalue weighted by Crippen LogP contribution is -2.46. The minimum Gasteiger partial charge on any atom is -0.454 e. The smallest absolute Gasteiger partial charge is 0.231 e. The lowest BCUT2D eigenvalue weighted by atomic mass is 9.83. The molecule has 1 aromatic rings. The van der Waals surface area contributed by atoms with E-state index in [2.05, 4.69) is 11.9 Å². The molecule has 0 amide bonds. The number of hydrogen-bond donors (Lipinski definition) is 1. The first-order valence-electron chi connectivity index (χ1n) is 6.61. The fourth-order valence-electron chi connectivity index (χ4n) is 2.31. The summed E-state index contributed by atoms with van der Waals surface area (Å²) < 4.78 is 16.0. The van der Waals surface area contributed by atoms with Crippen molar-refractivity contribution in [2.24, 2.45) is 16.1 Å². The van der Waals surface area contributed by atoms with Crippen molar-refractivity contribution in [2.45, 2.75) is 13.5 Å². The van der Waals surface area contributed by atoms with Crippen molar-refractivity contribution in [2.75, 3.05) is 20.0 Å². The fourth-order valence-corrected chi connectivity index (χ4v) is 2.31. The van der Waals surface area contributed by atoms with Gasteiger partial charge < -0.3 is 19.9 Å². The topological polar surface area (TPSA) is 66.1 Å². The number of allylic oxidation sites excluding steroid dienone is 1. The van der Waals surface area contributed by atoms with Gasteiger partial charge in [-0.25, -0.2) is 0 Å². The first-order chi connectivity index (χ1) is 9.71. The van der Waals surface area contributed by atoms with Gasteiger partial charge in [-0.3, -0.25) is 4.99 Å². The maximum Gasteiger partial charge on any atom is 0.231 e. The molecular formula is C15H18N2O3. The van der Waals surface area contributed by atoms with Crippen LogP contribution in [0.1, 0.15) is 12.5 Å². The highest BCUT2D eigenvalue weighted by Gasteiger charge is 2.37. The number of nitrogens with zero attached hydrogens (tertiary/aromatic N) is 1. The molecule has 1 fully saturated rings. The maximum absolute atomic E-state index is 5.51. The van der Waals surface area contributed by atoms with Gasteiger partial charge in [0.2, 0.25) is 6.79 Å². The first-order valence-corrected chi connectivity index (χ1v) is 6.61. The van der Waals surface area contributed by atoms with Crippen molar-refractivity contribution in [1.82, 2.24) is 0 Å². The van der Waals surface area contributed by atoms with Crippen LogP contribution in [0.2, 0.25) is 0 Å². The van der Waals surface area contributed by atoms with Crippen LogP contribution in [0, 0.1) is 5.41 Å². The van der Waals surface area contributed by atoms with Crippen LogP contribution in [-0.2, 0) is 11.3 Å². The zero-order valence-electron chi connectivity index (χ0n) is 11.5. The molecule has 0 saturated carbocycles. The molecule has 2 aliphatic rings. The molecule has 0 spiro atoms. The molecule has 2 heterocycles. The second-order valence-corrected chi connectivity index (χ2v) is 5.30. The number of hydrogen-bond acceptors (Lipinski definition) is 5.